The van der Waals surface area contributed by atoms with Gasteiger partial charge in [0.2, 0.25) is 0 Å². The molecule has 0 radical (unpaired) electrons. The number of benzene rings is 1. The van der Waals surface area contributed by atoms with Gasteiger partial charge in [-0.1, -0.05) is 0 Å². The molecular formula is C12H13ClF6N2. The van der Waals surface area contributed by atoms with Crippen molar-refractivity contribution < 1.29 is 26.3 Å². The van der Waals surface area contributed by atoms with Gasteiger partial charge in [0, 0.05) is 31.9 Å². The van der Waals surface area contributed by atoms with Gasteiger partial charge in [-0.3, -0.25) is 0 Å². The number of anilines is 1. The molecule has 0 aliphatic carbocycles. The van der Waals surface area contributed by atoms with Crippen LogP contribution in [0, 0.1) is 0 Å². The summed E-state index contributed by atoms with van der Waals surface area (Å²) >= 11 is 0. The molecule has 0 aromatic heterocycles. The normalized spacial score (nSPS) is 16.6. The second kappa shape index (κ2) is 6.31. The fourth-order valence-corrected chi connectivity index (χ4v) is 2.12. The van der Waals surface area contributed by atoms with Crippen LogP contribution in [-0.4, -0.2) is 26.2 Å². The van der Waals surface area contributed by atoms with E-state index in [4.69, 9.17) is 0 Å². The van der Waals surface area contributed by atoms with Crippen LogP contribution in [0.1, 0.15) is 11.1 Å². The van der Waals surface area contributed by atoms with Gasteiger partial charge in [-0.15, -0.1) is 12.4 Å². The van der Waals surface area contributed by atoms with E-state index in [-0.39, 0.29) is 24.2 Å². The largest absolute Gasteiger partial charge is 0.418 e. The predicted octanol–water partition coefficient (Wildman–Crippen LogP) is 3.56. The fourth-order valence-electron chi connectivity index (χ4n) is 2.12. The van der Waals surface area contributed by atoms with Gasteiger partial charge in [-0.05, 0) is 18.2 Å². The lowest BCUT2D eigenvalue weighted by atomic mass is 10.1. The molecule has 0 spiro atoms. The van der Waals surface area contributed by atoms with Gasteiger partial charge in [0.05, 0.1) is 11.1 Å². The molecule has 1 aliphatic rings. The Morgan fingerprint density at radius 1 is 0.905 bits per heavy atom. The summed E-state index contributed by atoms with van der Waals surface area (Å²) in [5.41, 5.74) is -2.73. The van der Waals surface area contributed by atoms with Crippen molar-refractivity contribution in [3.63, 3.8) is 0 Å². The highest BCUT2D eigenvalue weighted by Crippen LogP contribution is 2.40. The smallest absolute Gasteiger partial charge is 0.368 e. The topological polar surface area (TPSA) is 15.3 Å². The number of nitrogens with one attached hydrogen (secondary N) is 1. The standard InChI is InChI=1S/C12H12F6N2.ClH/c13-11(14,15)8-1-2-10(9(7-8)12(16,17)18)20-5-3-19-4-6-20;/h1-2,7,19H,3-6H2;1H. The minimum absolute atomic E-state index is 0. The third-order valence-electron chi connectivity index (χ3n) is 3.09. The van der Waals surface area contributed by atoms with Crippen LogP contribution in [0.4, 0.5) is 32.0 Å². The second-order valence-corrected chi connectivity index (χ2v) is 4.46. The molecule has 0 saturated carbocycles. The Morgan fingerprint density at radius 3 is 1.95 bits per heavy atom. The van der Waals surface area contributed by atoms with E-state index in [2.05, 4.69) is 5.32 Å². The molecule has 1 N–H and O–H groups in total. The Labute approximate surface area is 123 Å². The van der Waals surface area contributed by atoms with Crippen molar-refractivity contribution in [3.05, 3.63) is 29.3 Å². The maximum absolute atomic E-state index is 13.0. The summed E-state index contributed by atoms with van der Waals surface area (Å²) in [6.45, 7) is 1.65. The van der Waals surface area contributed by atoms with Crippen LogP contribution in [0.25, 0.3) is 0 Å². The Bertz CT molecular complexity index is 480. The number of hydrogen-bond acceptors (Lipinski definition) is 2. The third-order valence-corrected chi connectivity index (χ3v) is 3.09. The zero-order chi connectivity index (χ0) is 15.0. The van der Waals surface area contributed by atoms with Crippen molar-refractivity contribution in [2.75, 3.05) is 31.1 Å². The van der Waals surface area contributed by atoms with E-state index in [1.807, 2.05) is 0 Å². The summed E-state index contributed by atoms with van der Waals surface area (Å²) in [5, 5.41) is 2.98. The van der Waals surface area contributed by atoms with Crippen LogP contribution in [0.2, 0.25) is 0 Å². The van der Waals surface area contributed by atoms with Gasteiger partial charge >= 0.3 is 12.4 Å². The predicted molar refractivity (Wildman–Crippen MR) is 68.8 cm³/mol. The number of hydrogen-bond donors (Lipinski definition) is 1. The van der Waals surface area contributed by atoms with Crippen LogP contribution >= 0.6 is 12.4 Å². The van der Waals surface area contributed by atoms with Gasteiger partial charge in [0.15, 0.2) is 0 Å². The molecule has 2 rings (SSSR count). The van der Waals surface area contributed by atoms with E-state index in [0.29, 0.717) is 32.2 Å². The zero-order valence-electron chi connectivity index (χ0n) is 10.7. The summed E-state index contributed by atoms with van der Waals surface area (Å²) in [5.74, 6) is 0. The van der Waals surface area contributed by atoms with Crippen LogP contribution in [0.5, 0.6) is 0 Å². The Hall–Kier alpha value is -1.15. The van der Waals surface area contributed by atoms with E-state index < -0.39 is 23.5 Å². The van der Waals surface area contributed by atoms with Crippen LogP contribution in [0.15, 0.2) is 18.2 Å². The third kappa shape index (κ3) is 4.16. The molecule has 1 saturated heterocycles. The van der Waals surface area contributed by atoms with Crippen molar-refractivity contribution in [1.29, 1.82) is 0 Å². The fraction of sp³-hybridized carbons (Fsp3) is 0.500. The molecule has 1 aromatic carbocycles. The molecule has 9 heteroatoms. The number of piperazine rings is 1. The Balaban J connectivity index is 0.00000220. The molecule has 1 aromatic rings. The van der Waals surface area contributed by atoms with Gasteiger partial charge in [0.25, 0.3) is 0 Å². The highest BCUT2D eigenvalue weighted by molar-refractivity contribution is 5.85. The summed E-state index contributed by atoms with van der Waals surface area (Å²) in [4.78, 5) is 1.44. The van der Waals surface area contributed by atoms with E-state index in [1.165, 1.54) is 4.90 Å². The van der Waals surface area contributed by atoms with Gasteiger partial charge < -0.3 is 10.2 Å². The first-order valence-electron chi connectivity index (χ1n) is 5.94. The van der Waals surface area contributed by atoms with Gasteiger partial charge in [-0.25, -0.2) is 0 Å². The molecule has 21 heavy (non-hydrogen) atoms. The molecule has 0 atom stereocenters. The van der Waals surface area contributed by atoms with Crippen LogP contribution in [-0.2, 0) is 12.4 Å². The first kappa shape index (κ1) is 17.9. The monoisotopic (exact) mass is 334 g/mol. The zero-order valence-corrected chi connectivity index (χ0v) is 11.5. The Kier molecular flexibility index (Phi) is 5.38. The highest BCUT2D eigenvalue weighted by Gasteiger charge is 2.39. The lowest BCUT2D eigenvalue weighted by Crippen LogP contribution is -2.44. The molecule has 1 aliphatic heterocycles. The first-order valence-corrected chi connectivity index (χ1v) is 5.94. The van der Waals surface area contributed by atoms with E-state index in [0.717, 1.165) is 6.07 Å². The van der Waals surface area contributed by atoms with E-state index >= 15 is 0 Å². The van der Waals surface area contributed by atoms with Crippen LogP contribution < -0.4 is 10.2 Å². The van der Waals surface area contributed by atoms with Crippen molar-refractivity contribution >= 4 is 18.1 Å². The van der Waals surface area contributed by atoms with Crippen LogP contribution in [0.3, 0.4) is 0 Å². The van der Waals surface area contributed by atoms with Crippen molar-refractivity contribution in [1.82, 2.24) is 5.32 Å². The van der Waals surface area contributed by atoms with Crippen molar-refractivity contribution in [2.45, 2.75) is 12.4 Å². The van der Waals surface area contributed by atoms with Gasteiger partial charge in [-0.2, -0.15) is 26.3 Å². The SMILES string of the molecule is Cl.FC(F)(F)c1ccc(N2CCNCC2)c(C(F)(F)F)c1. The summed E-state index contributed by atoms with van der Waals surface area (Å²) < 4.78 is 76.5. The lowest BCUT2D eigenvalue weighted by Gasteiger charge is -2.31. The minimum atomic E-state index is -4.82. The molecule has 1 fully saturated rings. The van der Waals surface area contributed by atoms with Gasteiger partial charge in [0.1, 0.15) is 0 Å². The highest BCUT2D eigenvalue weighted by atomic mass is 35.5. The average Bonchev–Trinajstić information content (AvgIpc) is 2.37. The minimum Gasteiger partial charge on any atom is -0.368 e. The number of halogens is 7. The second-order valence-electron chi connectivity index (χ2n) is 4.46. The summed E-state index contributed by atoms with van der Waals surface area (Å²) in [6.07, 6.45) is -9.61. The number of rotatable bonds is 1. The van der Waals surface area contributed by atoms with Crippen molar-refractivity contribution in [3.8, 4) is 0 Å². The lowest BCUT2D eigenvalue weighted by molar-refractivity contribution is -0.142. The van der Waals surface area contributed by atoms with Crippen molar-refractivity contribution in [2.24, 2.45) is 0 Å². The molecule has 120 valence electrons. The maximum Gasteiger partial charge on any atom is 0.418 e. The molecule has 0 amide bonds. The number of alkyl halides is 6. The Morgan fingerprint density at radius 2 is 1.48 bits per heavy atom. The number of nitrogens with zero attached hydrogens (tertiary/aromatic N) is 1. The quantitative estimate of drug-likeness (QED) is 0.790. The molecular weight excluding hydrogens is 322 g/mol. The molecule has 0 unspecified atom stereocenters. The van der Waals surface area contributed by atoms with E-state index in [9.17, 15) is 26.3 Å². The summed E-state index contributed by atoms with van der Waals surface area (Å²) in [7, 11) is 0. The summed E-state index contributed by atoms with van der Waals surface area (Å²) in [6, 6.07) is 1.76. The molecule has 1 heterocycles. The van der Waals surface area contributed by atoms with E-state index in [1.54, 1.807) is 0 Å². The first-order chi connectivity index (χ1) is 9.19. The maximum atomic E-state index is 13.0. The average molecular weight is 335 g/mol. The molecule has 0 bridgehead atoms. The molecule has 2 nitrogen and oxygen atoms in total.